The van der Waals surface area contributed by atoms with E-state index >= 15 is 0 Å². The molecule has 0 N–H and O–H groups in total. The molecule has 1 aliphatic rings. The summed E-state index contributed by atoms with van der Waals surface area (Å²) in [6.45, 7) is 22.8. The van der Waals surface area contributed by atoms with E-state index in [0.717, 1.165) is 0 Å². The molecule has 0 heterocycles. The summed E-state index contributed by atoms with van der Waals surface area (Å²) in [6, 6.07) is 0. The Balaban J connectivity index is 2.92. The zero-order valence-corrected chi connectivity index (χ0v) is 14.0. The van der Waals surface area contributed by atoms with Crippen LogP contribution in [0, 0.1) is 11.3 Å². The summed E-state index contributed by atoms with van der Waals surface area (Å²) in [4.78, 5) is 0. The Morgan fingerprint density at radius 1 is 1.29 bits per heavy atom. The molecule has 17 heavy (non-hydrogen) atoms. The van der Waals surface area contributed by atoms with Crippen molar-refractivity contribution >= 4 is 8.32 Å². The summed E-state index contributed by atoms with van der Waals surface area (Å²) in [6.07, 6.45) is 1.45. The lowest BCUT2D eigenvalue weighted by Gasteiger charge is -2.42. The molecule has 0 amide bonds. The summed E-state index contributed by atoms with van der Waals surface area (Å²) in [5, 5.41) is 0.273. The fraction of sp³-hybridized carbons (Fsp3) is 0.867. The molecule has 0 aromatic carbocycles. The molecule has 1 saturated carbocycles. The molecule has 100 valence electrons. The molecule has 0 bridgehead atoms. The monoisotopic (exact) mass is 254 g/mol. The fourth-order valence-electron chi connectivity index (χ4n) is 2.49. The Hall–Kier alpha value is -0.0831. The average Bonchev–Trinajstić information content (AvgIpc) is 2.26. The topological polar surface area (TPSA) is 9.23 Å². The lowest BCUT2D eigenvalue weighted by Crippen LogP contribution is -2.46. The standard InChI is InChI=1S/C15H30OSi/c1-11-10-15(6,7)13(12(11)2)16-17(8,9)14(3,4)5/h11,13H,2,10H2,1,3-9H3/t11-,13-/m0/s1. The highest BCUT2D eigenvalue weighted by Gasteiger charge is 2.47. The van der Waals surface area contributed by atoms with E-state index in [1.54, 1.807) is 0 Å². The van der Waals surface area contributed by atoms with E-state index in [2.05, 4.69) is 61.2 Å². The highest BCUT2D eigenvalue weighted by atomic mass is 28.4. The Bertz CT molecular complexity index is 309. The maximum Gasteiger partial charge on any atom is 0.192 e. The third-order valence-electron chi connectivity index (χ3n) is 4.73. The normalized spacial score (nSPS) is 29.8. The molecule has 0 radical (unpaired) electrons. The maximum absolute atomic E-state index is 6.60. The van der Waals surface area contributed by atoms with Gasteiger partial charge in [-0.15, -0.1) is 0 Å². The van der Waals surface area contributed by atoms with E-state index in [4.69, 9.17) is 4.43 Å². The molecular formula is C15H30OSi. The quantitative estimate of drug-likeness (QED) is 0.498. The zero-order chi connectivity index (χ0) is 13.6. The van der Waals surface area contributed by atoms with Gasteiger partial charge in [0.15, 0.2) is 8.32 Å². The first kappa shape index (κ1) is 15.0. The summed E-state index contributed by atoms with van der Waals surface area (Å²) < 4.78 is 6.60. The van der Waals surface area contributed by atoms with Crippen LogP contribution in [-0.4, -0.2) is 14.4 Å². The van der Waals surface area contributed by atoms with Gasteiger partial charge in [0, 0.05) is 0 Å². The lowest BCUT2D eigenvalue weighted by molar-refractivity contribution is 0.112. The molecule has 1 aliphatic carbocycles. The van der Waals surface area contributed by atoms with Gasteiger partial charge in [-0.3, -0.25) is 0 Å². The molecule has 2 atom stereocenters. The third kappa shape index (κ3) is 2.85. The molecule has 1 rings (SSSR count). The minimum atomic E-state index is -1.69. The second-order valence-electron chi connectivity index (χ2n) is 7.93. The van der Waals surface area contributed by atoms with E-state index in [1.807, 2.05) is 0 Å². The number of hydrogen-bond acceptors (Lipinski definition) is 1. The second-order valence-corrected chi connectivity index (χ2v) is 12.7. The van der Waals surface area contributed by atoms with Gasteiger partial charge < -0.3 is 4.43 Å². The summed E-state index contributed by atoms with van der Waals surface area (Å²) in [5.74, 6) is 0.597. The van der Waals surface area contributed by atoms with Gasteiger partial charge in [-0.25, -0.2) is 0 Å². The van der Waals surface area contributed by atoms with Crippen molar-refractivity contribution in [3.63, 3.8) is 0 Å². The first-order chi connectivity index (χ1) is 7.38. The van der Waals surface area contributed by atoms with Gasteiger partial charge in [0.1, 0.15) is 0 Å². The minimum Gasteiger partial charge on any atom is -0.410 e. The van der Waals surface area contributed by atoms with Crippen LogP contribution in [0.15, 0.2) is 12.2 Å². The third-order valence-corrected chi connectivity index (χ3v) is 9.17. The second kappa shape index (κ2) is 4.24. The van der Waals surface area contributed by atoms with Crippen LogP contribution in [0.1, 0.15) is 48.0 Å². The minimum absolute atomic E-state index is 0.242. The van der Waals surface area contributed by atoms with Gasteiger partial charge in [0.2, 0.25) is 0 Å². The van der Waals surface area contributed by atoms with Gasteiger partial charge in [0.05, 0.1) is 6.10 Å². The predicted molar refractivity (Wildman–Crippen MR) is 78.8 cm³/mol. The highest BCUT2D eigenvalue weighted by molar-refractivity contribution is 6.74. The Kier molecular flexibility index (Phi) is 3.73. The Morgan fingerprint density at radius 2 is 1.76 bits per heavy atom. The van der Waals surface area contributed by atoms with Crippen LogP contribution in [0.2, 0.25) is 18.1 Å². The van der Waals surface area contributed by atoms with Crippen molar-refractivity contribution in [2.75, 3.05) is 0 Å². The molecule has 0 unspecified atom stereocenters. The molecule has 0 spiro atoms. The van der Waals surface area contributed by atoms with Crippen LogP contribution in [0.5, 0.6) is 0 Å². The number of hydrogen-bond donors (Lipinski definition) is 0. The molecule has 0 aromatic rings. The van der Waals surface area contributed by atoms with Gasteiger partial charge >= 0.3 is 0 Å². The fourth-order valence-corrected chi connectivity index (χ4v) is 3.91. The zero-order valence-electron chi connectivity index (χ0n) is 13.0. The van der Waals surface area contributed by atoms with E-state index < -0.39 is 8.32 Å². The molecule has 1 nitrogen and oxygen atoms in total. The van der Waals surface area contributed by atoms with Crippen molar-refractivity contribution in [1.82, 2.24) is 0 Å². The van der Waals surface area contributed by atoms with Crippen LogP contribution in [0.4, 0.5) is 0 Å². The summed E-state index contributed by atoms with van der Waals surface area (Å²) >= 11 is 0. The van der Waals surface area contributed by atoms with E-state index in [1.165, 1.54) is 12.0 Å². The number of rotatable bonds is 2. The van der Waals surface area contributed by atoms with Crippen molar-refractivity contribution < 1.29 is 4.43 Å². The largest absolute Gasteiger partial charge is 0.410 e. The molecular weight excluding hydrogens is 224 g/mol. The van der Waals surface area contributed by atoms with Gasteiger partial charge in [-0.1, -0.05) is 48.1 Å². The first-order valence-corrected chi connectivity index (χ1v) is 9.66. The van der Waals surface area contributed by atoms with Crippen molar-refractivity contribution in [3.05, 3.63) is 12.2 Å². The average molecular weight is 254 g/mol. The van der Waals surface area contributed by atoms with Crippen molar-refractivity contribution in [2.45, 2.75) is 72.2 Å². The Labute approximate surface area is 109 Å². The lowest BCUT2D eigenvalue weighted by atomic mass is 9.88. The SMILES string of the molecule is C=C1[C@@H](C)CC(C)(C)[C@H]1O[Si](C)(C)C(C)(C)C. The molecule has 0 aliphatic heterocycles. The van der Waals surface area contributed by atoms with Crippen LogP contribution in [0.25, 0.3) is 0 Å². The maximum atomic E-state index is 6.60. The van der Waals surface area contributed by atoms with E-state index in [9.17, 15) is 0 Å². The van der Waals surface area contributed by atoms with Crippen LogP contribution in [0.3, 0.4) is 0 Å². The van der Waals surface area contributed by atoms with Crippen LogP contribution in [-0.2, 0) is 4.43 Å². The summed E-state index contributed by atoms with van der Waals surface area (Å²) in [5.41, 5.74) is 1.55. The smallest absolute Gasteiger partial charge is 0.192 e. The van der Waals surface area contributed by atoms with E-state index in [0.29, 0.717) is 5.92 Å². The van der Waals surface area contributed by atoms with Crippen molar-refractivity contribution in [2.24, 2.45) is 11.3 Å². The van der Waals surface area contributed by atoms with Crippen LogP contribution < -0.4 is 0 Å². The first-order valence-electron chi connectivity index (χ1n) is 6.75. The van der Waals surface area contributed by atoms with Gasteiger partial charge in [-0.2, -0.15) is 0 Å². The van der Waals surface area contributed by atoms with Crippen molar-refractivity contribution in [3.8, 4) is 0 Å². The predicted octanol–water partition coefficient (Wildman–Crippen LogP) is 5.00. The molecule has 1 fully saturated rings. The molecule has 0 saturated heterocycles. The highest BCUT2D eigenvalue weighted by Crippen LogP contribution is 2.49. The Morgan fingerprint density at radius 3 is 2.06 bits per heavy atom. The van der Waals surface area contributed by atoms with Crippen molar-refractivity contribution in [1.29, 1.82) is 0 Å². The van der Waals surface area contributed by atoms with E-state index in [-0.39, 0.29) is 16.6 Å². The summed E-state index contributed by atoms with van der Waals surface area (Å²) in [7, 11) is -1.69. The molecule has 0 aromatic heterocycles. The molecule has 2 heteroatoms. The van der Waals surface area contributed by atoms with Crippen LogP contribution >= 0.6 is 0 Å². The van der Waals surface area contributed by atoms with Gasteiger partial charge in [0.25, 0.3) is 0 Å². The van der Waals surface area contributed by atoms with Gasteiger partial charge in [-0.05, 0) is 41.5 Å².